The van der Waals surface area contributed by atoms with Crippen LogP contribution in [0.4, 0.5) is 24.8 Å². The van der Waals surface area contributed by atoms with E-state index >= 15 is 0 Å². The lowest BCUT2D eigenvalue weighted by Crippen LogP contribution is -2.36. The number of imidazole rings is 1. The van der Waals surface area contributed by atoms with Crippen LogP contribution < -0.4 is 10.6 Å². The molecule has 186 valence electrons. The smallest absolute Gasteiger partial charge is 0.217 e. The maximum Gasteiger partial charge on any atom is 0.217 e. The molecular weight excluding hydrogens is 469 g/mol. The van der Waals surface area contributed by atoms with Gasteiger partial charge in [-0.1, -0.05) is 12.1 Å². The maximum absolute atomic E-state index is 14.4. The Balaban J connectivity index is 1.50. The molecule has 0 aliphatic heterocycles. The minimum absolute atomic E-state index is 0.000381. The lowest BCUT2D eigenvalue weighted by atomic mass is 9.91. The van der Waals surface area contributed by atoms with Crippen LogP contribution in [0, 0.1) is 17.5 Å². The summed E-state index contributed by atoms with van der Waals surface area (Å²) >= 11 is 0. The molecule has 5 rings (SSSR count). The number of rotatable bonds is 6. The summed E-state index contributed by atoms with van der Waals surface area (Å²) in [7, 11) is 0. The molecule has 1 fully saturated rings. The first-order valence-corrected chi connectivity index (χ1v) is 11.8. The molecule has 0 atom stereocenters. The Morgan fingerprint density at radius 1 is 1.00 bits per heavy atom. The second kappa shape index (κ2) is 9.96. The third-order valence-corrected chi connectivity index (χ3v) is 6.40. The van der Waals surface area contributed by atoms with E-state index in [0.29, 0.717) is 29.4 Å². The Labute approximate surface area is 205 Å². The number of anilines is 2. The van der Waals surface area contributed by atoms with Crippen molar-refractivity contribution in [1.29, 1.82) is 0 Å². The van der Waals surface area contributed by atoms with Crippen LogP contribution in [-0.4, -0.2) is 31.5 Å². The van der Waals surface area contributed by atoms with Gasteiger partial charge in [-0.3, -0.25) is 9.36 Å². The van der Waals surface area contributed by atoms with Crippen LogP contribution in [0.25, 0.3) is 11.2 Å². The molecule has 1 saturated carbocycles. The van der Waals surface area contributed by atoms with Crippen molar-refractivity contribution in [3.63, 3.8) is 0 Å². The number of nitrogens with zero attached hydrogens (tertiary/aromatic N) is 4. The van der Waals surface area contributed by atoms with Crippen LogP contribution in [0.15, 0.2) is 48.7 Å². The van der Waals surface area contributed by atoms with E-state index in [1.54, 1.807) is 18.3 Å². The monoisotopic (exact) mass is 494 g/mol. The number of amides is 1. The Morgan fingerprint density at radius 3 is 2.42 bits per heavy atom. The highest BCUT2D eigenvalue weighted by Crippen LogP contribution is 2.35. The molecule has 2 aromatic carbocycles. The summed E-state index contributed by atoms with van der Waals surface area (Å²) in [5, 5.41) is 5.98. The normalized spacial score (nSPS) is 17.8. The molecule has 36 heavy (non-hydrogen) atoms. The summed E-state index contributed by atoms with van der Waals surface area (Å²) in [5.74, 6) is -0.843. The summed E-state index contributed by atoms with van der Waals surface area (Å²) in [6.45, 7) is 1.51. The Kier molecular flexibility index (Phi) is 6.58. The molecule has 7 nitrogen and oxygen atoms in total. The Hall–Kier alpha value is -3.95. The van der Waals surface area contributed by atoms with Crippen molar-refractivity contribution in [2.45, 2.75) is 51.1 Å². The second-order valence-corrected chi connectivity index (χ2v) is 9.06. The second-order valence-electron chi connectivity index (χ2n) is 9.06. The van der Waals surface area contributed by atoms with E-state index < -0.39 is 11.6 Å². The maximum atomic E-state index is 14.4. The van der Waals surface area contributed by atoms with Crippen LogP contribution in [0.1, 0.15) is 50.0 Å². The highest BCUT2D eigenvalue weighted by atomic mass is 19.1. The van der Waals surface area contributed by atoms with Crippen molar-refractivity contribution in [3.05, 3.63) is 77.5 Å². The Morgan fingerprint density at radius 2 is 1.72 bits per heavy atom. The van der Waals surface area contributed by atoms with Gasteiger partial charge in [0, 0.05) is 31.5 Å². The number of aromatic nitrogens is 4. The zero-order chi connectivity index (χ0) is 25.2. The number of hydrogen-bond acceptors (Lipinski definition) is 5. The van der Waals surface area contributed by atoms with Crippen LogP contribution in [0.2, 0.25) is 0 Å². The van der Waals surface area contributed by atoms with Crippen molar-refractivity contribution in [2.24, 2.45) is 0 Å². The molecule has 0 bridgehead atoms. The molecular formula is C26H25F3N6O. The largest absolute Gasteiger partial charge is 0.354 e. The first-order chi connectivity index (χ1) is 17.4. The van der Waals surface area contributed by atoms with E-state index in [1.807, 2.05) is 4.57 Å². The molecule has 2 aromatic heterocycles. The topological polar surface area (TPSA) is 84.7 Å². The van der Waals surface area contributed by atoms with Gasteiger partial charge in [0.2, 0.25) is 11.9 Å². The first-order valence-electron chi connectivity index (χ1n) is 11.8. The SMILES string of the molecule is CC(=O)NC1CCC(n2c(Nc3ccc(F)cc3F)nc3cnc(Cc4ccc(F)cc4)nc32)CC1. The van der Waals surface area contributed by atoms with E-state index in [0.717, 1.165) is 37.3 Å². The van der Waals surface area contributed by atoms with Gasteiger partial charge in [-0.05, 0) is 55.5 Å². The van der Waals surface area contributed by atoms with Crippen LogP contribution >= 0.6 is 0 Å². The molecule has 4 aromatic rings. The van der Waals surface area contributed by atoms with E-state index in [9.17, 15) is 18.0 Å². The van der Waals surface area contributed by atoms with Gasteiger partial charge in [-0.2, -0.15) is 0 Å². The number of carbonyl (C=O) groups is 1. The number of nitrogens with one attached hydrogen (secondary N) is 2. The lowest BCUT2D eigenvalue weighted by Gasteiger charge is -2.30. The van der Waals surface area contributed by atoms with Crippen molar-refractivity contribution < 1.29 is 18.0 Å². The average Bonchev–Trinajstić information content (AvgIpc) is 3.20. The number of benzene rings is 2. The highest BCUT2D eigenvalue weighted by molar-refractivity contribution is 5.76. The van der Waals surface area contributed by atoms with Crippen LogP contribution in [0.3, 0.4) is 0 Å². The van der Waals surface area contributed by atoms with E-state index in [-0.39, 0.29) is 29.5 Å². The quantitative estimate of drug-likeness (QED) is 0.385. The third-order valence-electron chi connectivity index (χ3n) is 6.40. The summed E-state index contributed by atoms with van der Waals surface area (Å²) in [5.41, 5.74) is 2.09. The zero-order valence-electron chi connectivity index (χ0n) is 19.6. The van der Waals surface area contributed by atoms with E-state index in [1.165, 1.54) is 31.2 Å². The molecule has 0 spiro atoms. The molecule has 0 saturated heterocycles. The summed E-state index contributed by atoms with van der Waals surface area (Å²) in [4.78, 5) is 25.3. The fourth-order valence-corrected chi connectivity index (χ4v) is 4.71. The van der Waals surface area contributed by atoms with Gasteiger partial charge in [0.15, 0.2) is 5.65 Å². The van der Waals surface area contributed by atoms with Crippen molar-refractivity contribution >= 4 is 28.7 Å². The summed E-state index contributed by atoms with van der Waals surface area (Å²) in [6.07, 6.45) is 5.10. The van der Waals surface area contributed by atoms with Gasteiger partial charge in [-0.25, -0.2) is 28.1 Å². The summed E-state index contributed by atoms with van der Waals surface area (Å²) < 4.78 is 43.1. The lowest BCUT2D eigenvalue weighted by molar-refractivity contribution is -0.119. The first kappa shape index (κ1) is 23.8. The average molecular weight is 495 g/mol. The molecule has 10 heteroatoms. The van der Waals surface area contributed by atoms with Gasteiger partial charge in [0.1, 0.15) is 28.8 Å². The molecule has 2 N–H and O–H groups in total. The fourth-order valence-electron chi connectivity index (χ4n) is 4.71. The van der Waals surface area contributed by atoms with Crippen LogP contribution in [0.5, 0.6) is 0 Å². The predicted molar refractivity (Wildman–Crippen MR) is 129 cm³/mol. The van der Waals surface area contributed by atoms with Crippen molar-refractivity contribution in [2.75, 3.05) is 5.32 Å². The molecule has 1 amide bonds. The number of carbonyl (C=O) groups excluding carboxylic acids is 1. The number of hydrogen-bond donors (Lipinski definition) is 2. The van der Waals surface area contributed by atoms with E-state index in [4.69, 9.17) is 4.98 Å². The minimum atomic E-state index is -0.731. The van der Waals surface area contributed by atoms with E-state index in [2.05, 4.69) is 20.6 Å². The van der Waals surface area contributed by atoms with Crippen molar-refractivity contribution in [3.8, 4) is 0 Å². The molecule has 0 unspecified atom stereocenters. The molecule has 0 radical (unpaired) electrons. The van der Waals surface area contributed by atoms with Gasteiger partial charge < -0.3 is 10.6 Å². The molecule has 1 aliphatic rings. The van der Waals surface area contributed by atoms with Gasteiger partial charge in [-0.15, -0.1) is 0 Å². The van der Waals surface area contributed by atoms with Gasteiger partial charge in [0.25, 0.3) is 0 Å². The highest BCUT2D eigenvalue weighted by Gasteiger charge is 2.27. The fraction of sp³-hybridized carbons (Fsp3) is 0.308. The van der Waals surface area contributed by atoms with Crippen molar-refractivity contribution in [1.82, 2.24) is 24.8 Å². The Bertz CT molecular complexity index is 1400. The summed E-state index contributed by atoms with van der Waals surface area (Å²) in [6, 6.07) is 9.58. The van der Waals surface area contributed by atoms with Gasteiger partial charge >= 0.3 is 0 Å². The predicted octanol–water partition coefficient (Wildman–Crippen LogP) is 5.20. The molecule has 2 heterocycles. The van der Waals surface area contributed by atoms with Gasteiger partial charge in [0.05, 0.1) is 11.9 Å². The van der Waals surface area contributed by atoms with Crippen LogP contribution in [-0.2, 0) is 11.2 Å². The number of fused-ring (bicyclic) bond motifs is 1. The third kappa shape index (κ3) is 5.17. The standard InChI is InChI=1S/C26H25F3N6O/c1-15(36)31-19-7-9-20(10-8-19)35-25-23(33-26(35)32-22-11-6-18(28)13-21(22)29)14-30-24(34-25)12-16-2-4-17(27)5-3-16/h2-6,11,13-14,19-20H,7-10,12H2,1H3,(H,31,36)(H,32,33). The minimum Gasteiger partial charge on any atom is -0.354 e. The zero-order valence-corrected chi connectivity index (χ0v) is 19.6. The number of halogens is 3. The molecule has 1 aliphatic carbocycles.